The Hall–Kier alpha value is -4.00. The van der Waals surface area contributed by atoms with Gasteiger partial charge in [-0.1, -0.05) is 24.3 Å². The van der Waals surface area contributed by atoms with Gasteiger partial charge in [0.2, 0.25) is 0 Å². The first-order valence-corrected chi connectivity index (χ1v) is 11.8. The topological polar surface area (TPSA) is 63.6 Å². The fourth-order valence-electron chi connectivity index (χ4n) is 4.49. The van der Waals surface area contributed by atoms with Crippen LogP contribution < -0.4 is 14.2 Å². The van der Waals surface area contributed by atoms with Crippen molar-refractivity contribution in [3.05, 3.63) is 77.9 Å². The second-order valence-corrected chi connectivity index (χ2v) is 8.85. The Morgan fingerprint density at radius 1 is 1.03 bits per heavy atom. The van der Waals surface area contributed by atoms with Crippen LogP contribution in [0.5, 0.6) is 23.0 Å². The number of carbonyl (C=O) groups excluding carboxylic acids is 1. The zero-order valence-corrected chi connectivity index (χ0v) is 20.2. The van der Waals surface area contributed by atoms with Crippen molar-refractivity contribution in [3.8, 4) is 23.0 Å². The molecule has 1 unspecified atom stereocenters. The molecular formula is C28H29N3O4. The lowest BCUT2D eigenvalue weighted by molar-refractivity contribution is -0.137. The molecule has 0 radical (unpaired) electrons. The number of aliphatic imine (C=N–C) groups is 1. The minimum absolute atomic E-state index is 0.00156. The van der Waals surface area contributed by atoms with Gasteiger partial charge in [0.05, 0.1) is 12.7 Å². The zero-order chi connectivity index (χ0) is 24.4. The van der Waals surface area contributed by atoms with Crippen LogP contribution in [0.1, 0.15) is 18.1 Å². The van der Waals surface area contributed by atoms with Gasteiger partial charge in [0, 0.05) is 31.7 Å². The lowest BCUT2D eigenvalue weighted by Gasteiger charge is -2.41. The third kappa shape index (κ3) is 4.80. The first-order valence-electron chi connectivity index (χ1n) is 11.8. The van der Waals surface area contributed by atoms with Gasteiger partial charge >= 0.3 is 0 Å². The van der Waals surface area contributed by atoms with E-state index in [9.17, 15) is 4.79 Å². The number of amides is 1. The van der Waals surface area contributed by atoms with E-state index in [2.05, 4.69) is 11.8 Å². The molecule has 2 aliphatic rings. The summed E-state index contributed by atoms with van der Waals surface area (Å²) in [5.74, 6) is 3.66. The highest BCUT2D eigenvalue weighted by molar-refractivity contribution is 6.04. The predicted octanol–water partition coefficient (Wildman–Crippen LogP) is 4.80. The molecule has 3 aromatic rings. The number of hydrogen-bond donors (Lipinski definition) is 0. The Labute approximate surface area is 205 Å². The molecule has 1 saturated heterocycles. The molecule has 1 fully saturated rings. The molecule has 35 heavy (non-hydrogen) atoms. The van der Waals surface area contributed by atoms with Gasteiger partial charge in [0.25, 0.3) is 5.91 Å². The summed E-state index contributed by atoms with van der Waals surface area (Å²) in [6.07, 6.45) is 0. The summed E-state index contributed by atoms with van der Waals surface area (Å²) in [5.41, 5.74) is 2.78. The average Bonchev–Trinajstić information content (AvgIpc) is 3.03. The summed E-state index contributed by atoms with van der Waals surface area (Å²) in [6, 6.07) is 21.2. The van der Waals surface area contributed by atoms with Crippen molar-refractivity contribution in [2.24, 2.45) is 4.99 Å². The molecule has 0 saturated carbocycles. The van der Waals surface area contributed by atoms with E-state index in [0.717, 1.165) is 34.1 Å². The molecule has 0 bridgehead atoms. The van der Waals surface area contributed by atoms with E-state index < -0.39 is 0 Å². The molecule has 0 spiro atoms. The molecule has 5 rings (SSSR count). The molecule has 180 valence electrons. The van der Waals surface area contributed by atoms with Gasteiger partial charge in [0.1, 0.15) is 28.8 Å². The molecule has 3 aromatic carbocycles. The number of para-hydroxylation sites is 1. The Balaban J connectivity index is 1.37. The van der Waals surface area contributed by atoms with Crippen LogP contribution in [-0.2, 0) is 4.79 Å². The fourth-order valence-corrected chi connectivity index (χ4v) is 4.49. The zero-order valence-electron chi connectivity index (χ0n) is 20.2. The van der Waals surface area contributed by atoms with Crippen molar-refractivity contribution >= 4 is 17.4 Å². The second kappa shape index (κ2) is 9.70. The van der Waals surface area contributed by atoms with Gasteiger partial charge in [-0.25, -0.2) is 4.99 Å². The number of hydrogen-bond acceptors (Lipinski definition) is 6. The van der Waals surface area contributed by atoms with E-state index in [1.54, 1.807) is 7.11 Å². The van der Waals surface area contributed by atoms with Crippen LogP contribution in [0.3, 0.4) is 0 Å². The van der Waals surface area contributed by atoms with E-state index in [4.69, 9.17) is 19.2 Å². The number of nitrogens with zero attached hydrogens (tertiary/aromatic N) is 3. The summed E-state index contributed by atoms with van der Waals surface area (Å²) < 4.78 is 17.4. The van der Waals surface area contributed by atoms with E-state index in [1.807, 2.05) is 78.6 Å². The van der Waals surface area contributed by atoms with Crippen molar-refractivity contribution in [1.29, 1.82) is 0 Å². The van der Waals surface area contributed by atoms with Gasteiger partial charge in [-0.15, -0.1) is 0 Å². The van der Waals surface area contributed by atoms with E-state index in [0.29, 0.717) is 31.1 Å². The Bertz CT molecular complexity index is 1260. The quantitative estimate of drug-likeness (QED) is 0.547. The van der Waals surface area contributed by atoms with Crippen LogP contribution in [0.25, 0.3) is 0 Å². The van der Waals surface area contributed by atoms with Crippen molar-refractivity contribution in [3.63, 3.8) is 0 Å². The molecule has 0 aliphatic carbocycles. The van der Waals surface area contributed by atoms with Crippen molar-refractivity contribution in [2.45, 2.75) is 19.9 Å². The standard InChI is InChI=1S/C28H29N3O4/c1-19-9-12-24-26(15-19)35-25-16-22(33-3)10-11-23(25)28(29-24)30-13-14-31(20(2)17-30)27(32)18-34-21-7-5-4-6-8-21/h4-12,15-16,20H,13-14,17-18H2,1-3H3. The Morgan fingerprint density at radius 2 is 1.86 bits per heavy atom. The lowest BCUT2D eigenvalue weighted by Crippen LogP contribution is -2.56. The summed E-state index contributed by atoms with van der Waals surface area (Å²) in [4.78, 5) is 22.1. The molecule has 2 heterocycles. The van der Waals surface area contributed by atoms with Crippen LogP contribution in [0.15, 0.2) is 71.7 Å². The number of amidine groups is 1. The SMILES string of the molecule is COc1ccc2c(c1)Oc1cc(C)ccc1N=C2N1CCN(C(=O)COc2ccccc2)C(C)C1. The molecule has 1 atom stereocenters. The molecule has 1 amide bonds. The van der Waals surface area contributed by atoms with Crippen LogP contribution in [0.4, 0.5) is 5.69 Å². The number of rotatable bonds is 4. The molecule has 0 aromatic heterocycles. The third-order valence-electron chi connectivity index (χ3n) is 6.34. The number of piperazine rings is 1. The minimum Gasteiger partial charge on any atom is -0.497 e. The van der Waals surface area contributed by atoms with Crippen molar-refractivity contribution < 1.29 is 19.0 Å². The normalized spacial score (nSPS) is 16.9. The first-order chi connectivity index (χ1) is 17.0. The van der Waals surface area contributed by atoms with Crippen molar-refractivity contribution in [2.75, 3.05) is 33.4 Å². The molecule has 7 heteroatoms. The average molecular weight is 472 g/mol. The molecule has 2 aliphatic heterocycles. The van der Waals surface area contributed by atoms with E-state index >= 15 is 0 Å². The van der Waals surface area contributed by atoms with Crippen molar-refractivity contribution in [1.82, 2.24) is 9.80 Å². The minimum atomic E-state index is -0.0156. The summed E-state index contributed by atoms with van der Waals surface area (Å²) in [7, 11) is 1.64. The number of ether oxygens (including phenoxy) is 3. The number of aryl methyl sites for hydroxylation is 1. The number of carbonyl (C=O) groups is 1. The maximum Gasteiger partial charge on any atom is 0.260 e. The van der Waals surface area contributed by atoms with Crippen LogP contribution >= 0.6 is 0 Å². The predicted molar refractivity (Wildman–Crippen MR) is 135 cm³/mol. The maximum absolute atomic E-state index is 12.9. The monoisotopic (exact) mass is 471 g/mol. The summed E-state index contributed by atoms with van der Waals surface area (Å²) >= 11 is 0. The van der Waals surface area contributed by atoms with E-state index in [1.165, 1.54) is 0 Å². The highest BCUT2D eigenvalue weighted by Gasteiger charge is 2.32. The van der Waals surface area contributed by atoms with Gasteiger partial charge in [-0.3, -0.25) is 4.79 Å². The van der Waals surface area contributed by atoms with Crippen LogP contribution in [0.2, 0.25) is 0 Å². The maximum atomic E-state index is 12.9. The smallest absolute Gasteiger partial charge is 0.260 e. The van der Waals surface area contributed by atoms with Gasteiger partial charge in [-0.2, -0.15) is 0 Å². The second-order valence-electron chi connectivity index (χ2n) is 8.85. The first kappa shape index (κ1) is 22.8. The highest BCUT2D eigenvalue weighted by atomic mass is 16.5. The summed E-state index contributed by atoms with van der Waals surface area (Å²) in [5, 5.41) is 0. The Kier molecular flexibility index (Phi) is 6.31. The fraction of sp³-hybridized carbons (Fsp3) is 0.286. The molecular weight excluding hydrogens is 442 g/mol. The number of methoxy groups -OCH3 is 1. The molecule has 7 nitrogen and oxygen atoms in total. The lowest BCUT2D eigenvalue weighted by atomic mass is 10.1. The number of fused-ring (bicyclic) bond motifs is 2. The highest BCUT2D eigenvalue weighted by Crippen LogP contribution is 2.40. The van der Waals surface area contributed by atoms with Gasteiger partial charge in [0.15, 0.2) is 12.4 Å². The van der Waals surface area contributed by atoms with Crippen LogP contribution in [0, 0.1) is 6.92 Å². The molecule has 0 N–H and O–H groups in total. The Morgan fingerprint density at radius 3 is 2.63 bits per heavy atom. The van der Waals surface area contributed by atoms with Crippen LogP contribution in [-0.4, -0.2) is 60.9 Å². The van der Waals surface area contributed by atoms with Gasteiger partial charge < -0.3 is 24.0 Å². The number of benzene rings is 3. The summed E-state index contributed by atoms with van der Waals surface area (Å²) in [6.45, 7) is 6.02. The largest absolute Gasteiger partial charge is 0.497 e. The van der Waals surface area contributed by atoms with E-state index in [-0.39, 0.29) is 18.6 Å². The third-order valence-corrected chi connectivity index (χ3v) is 6.34. The van der Waals surface area contributed by atoms with Gasteiger partial charge in [-0.05, 0) is 55.8 Å².